The van der Waals surface area contributed by atoms with Crippen molar-refractivity contribution in [3.63, 3.8) is 0 Å². The summed E-state index contributed by atoms with van der Waals surface area (Å²) in [5.74, 6) is -1.36. The lowest BCUT2D eigenvalue weighted by molar-refractivity contribution is 0.102. The maximum absolute atomic E-state index is 13.3. The Kier molecular flexibility index (Phi) is 4.19. The van der Waals surface area contributed by atoms with E-state index in [0.29, 0.717) is 18.8 Å². The fourth-order valence-corrected chi connectivity index (χ4v) is 1.49. The van der Waals surface area contributed by atoms with Crippen molar-refractivity contribution in [2.75, 3.05) is 19.0 Å². The Morgan fingerprint density at radius 1 is 1.58 bits per heavy atom. The van der Waals surface area contributed by atoms with Gasteiger partial charge in [0.1, 0.15) is 0 Å². The van der Waals surface area contributed by atoms with E-state index >= 15 is 0 Å². The van der Waals surface area contributed by atoms with Crippen LogP contribution in [-0.4, -0.2) is 34.4 Å². The summed E-state index contributed by atoms with van der Waals surface area (Å²) in [7, 11) is 1.59. The quantitative estimate of drug-likeness (QED) is 0.827. The lowest BCUT2D eigenvalue weighted by atomic mass is 10.2. The number of pyridine rings is 1. The van der Waals surface area contributed by atoms with Crippen molar-refractivity contribution in [3.8, 4) is 0 Å². The lowest BCUT2D eigenvalue weighted by Crippen LogP contribution is -2.14. The largest absolute Gasteiger partial charge is 0.383 e. The molecule has 1 N–H and O–H groups in total. The zero-order valence-electron chi connectivity index (χ0n) is 10.3. The minimum atomic E-state index is -0.799. The molecule has 6 nitrogen and oxygen atoms in total. The number of nitrogens with zero attached hydrogens (tertiary/aromatic N) is 3. The van der Waals surface area contributed by atoms with Crippen LogP contribution < -0.4 is 5.32 Å². The van der Waals surface area contributed by atoms with Crippen LogP contribution in [-0.2, 0) is 11.3 Å². The second-order valence-corrected chi connectivity index (χ2v) is 3.78. The number of carbonyl (C=O) groups excluding carboxylic acids is 1. The number of hydrogen-bond acceptors (Lipinski definition) is 4. The van der Waals surface area contributed by atoms with Gasteiger partial charge in [0, 0.05) is 19.5 Å². The molecular weight excluding hydrogens is 251 g/mol. The number of nitrogens with one attached hydrogen (secondary N) is 1. The van der Waals surface area contributed by atoms with E-state index in [1.165, 1.54) is 24.5 Å². The van der Waals surface area contributed by atoms with Crippen molar-refractivity contribution in [3.05, 3.63) is 42.2 Å². The number of methoxy groups -OCH3 is 1. The van der Waals surface area contributed by atoms with E-state index < -0.39 is 11.9 Å². The Morgan fingerprint density at radius 2 is 2.42 bits per heavy atom. The molecule has 0 fully saturated rings. The monoisotopic (exact) mass is 264 g/mol. The Labute approximate surface area is 109 Å². The van der Waals surface area contributed by atoms with Crippen LogP contribution in [0.15, 0.2) is 30.7 Å². The summed E-state index contributed by atoms with van der Waals surface area (Å²) in [4.78, 5) is 15.2. The molecule has 0 saturated heterocycles. The van der Waals surface area contributed by atoms with E-state index in [-0.39, 0.29) is 5.56 Å². The number of carbonyl (C=O) groups is 1. The van der Waals surface area contributed by atoms with Crippen molar-refractivity contribution in [1.82, 2.24) is 14.8 Å². The molecule has 1 amide bonds. The summed E-state index contributed by atoms with van der Waals surface area (Å²) in [6.07, 6.45) is 4.42. The average molecular weight is 264 g/mol. The maximum atomic E-state index is 13.3. The molecular formula is C12H13FN4O2. The van der Waals surface area contributed by atoms with Gasteiger partial charge in [-0.15, -0.1) is 0 Å². The van der Waals surface area contributed by atoms with Gasteiger partial charge in [-0.2, -0.15) is 9.49 Å². The molecule has 2 aromatic heterocycles. The van der Waals surface area contributed by atoms with Gasteiger partial charge >= 0.3 is 0 Å². The third-order valence-corrected chi connectivity index (χ3v) is 2.42. The van der Waals surface area contributed by atoms with Gasteiger partial charge in [-0.3, -0.25) is 9.48 Å². The molecule has 0 unspecified atom stereocenters. The molecule has 0 bridgehead atoms. The van der Waals surface area contributed by atoms with Gasteiger partial charge in [0.25, 0.3) is 5.91 Å². The second kappa shape index (κ2) is 6.05. The Morgan fingerprint density at radius 3 is 3.16 bits per heavy atom. The maximum Gasteiger partial charge on any atom is 0.260 e. The van der Waals surface area contributed by atoms with Gasteiger partial charge in [0.15, 0.2) is 0 Å². The van der Waals surface area contributed by atoms with Crippen molar-refractivity contribution in [2.24, 2.45) is 0 Å². The molecule has 2 aromatic rings. The van der Waals surface area contributed by atoms with E-state index in [2.05, 4.69) is 15.4 Å². The van der Waals surface area contributed by atoms with E-state index in [0.717, 1.165) is 0 Å². The number of hydrogen-bond donors (Lipinski definition) is 1. The van der Waals surface area contributed by atoms with E-state index in [1.807, 2.05) is 0 Å². The van der Waals surface area contributed by atoms with Gasteiger partial charge in [0.05, 0.1) is 30.6 Å². The molecule has 0 aliphatic heterocycles. The minimum Gasteiger partial charge on any atom is -0.383 e. The SMILES string of the molecule is COCCn1cc(NC(=O)c2cccnc2F)cn1. The van der Waals surface area contributed by atoms with Gasteiger partial charge < -0.3 is 10.1 Å². The highest BCUT2D eigenvalue weighted by atomic mass is 19.1. The summed E-state index contributed by atoms with van der Waals surface area (Å²) in [5, 5.41) is 6.59. The highest BCUT2D eigenvalue weighted by molar-refractivity contribution is 6.04. The third-order valence-electron chi connectivity index (χ3n) is 2.42. The normalized spacial score (nSPS) is 10.4. The van der Waals surface area contributed by atoms with Crippen LogP contribution in [0.5, 0.6) is 0 Å². The first-order chi connectivity index (χ1) is 9.20. The summed E-state index contributed by atoms with van der Waals surface area (Å²) in [5.41, 5.74) is 0.386. The molecule has 100 valence electrons. The fraction of sp³-hybridized carbons (Fsp3) is 0.250. The predicted octanol–water partition coefficient (Wildman–Crippen LogP) is 1.32. The van der Waals surface area contributed by atoms with Crippen LogP contribution in [0.25, 0.3) is 0 Å². The third kappa shape index (κ3) is 3.35. The summed E-state index contributed by atoms with van der Waals surface area (Å²) in [6, 6.07) is 2.87. The first-order valence-electron chi connectivity index (χ1n) is 5.64. The molecule has 0 atom stereocenters. The molecule has 0 aliphatic carbocycles. The smallest absolute Gasteiger partial charge is 0.260 e. The van der Waals surface area contributed by atoms with Crippen LogP contribution in [0, 0.1) is 5.95 Å². The van der Waals surface area contributed by atoms with Crippen molar-refractivity contribution >= 4 is 11.6 Å². The molecule has 7 heteroatoms. The summed E-state index contributed by atoms with van der Waals surface area (Å²) < 4.78 is 19.8. The van der Waals surface area contributed by atoms with Crippen molar-refractivity contribution < 1.29 is 13.9 Å². The highest BCUT2D eigenvalue weighted by Crippen LogP contribution is 2.09. The number of anilines is 1. The topological polar surface area (TPSA) is 69.0 Å². The molecule has 2 rings (SSSR count). The van der Waals surface area contributed by atoms with E-state index in [4.69, 9.17) is 4.74 Å². The molecule has 0 saturated carbocycles. The molecule has 0 aliphatic rings. The zero-order chi connectivity index (χ0) is 13.7. The van der Waals surface area contributed by atoms with Crippen LogP contribution in [0.1, 0.15) is 10.4 Å². The number of ether oxygens (including phenoxy) is 1. The molecule has 0 aromatic carbocycles. The number of rotatable bonds is 5. The first-order valence-corrected chi connectivity index (χ1v) is 5.64. The summed E-state index contributed by atoms with van der Waals surface area (Å²) >= 11 is 0. The fourth-order valence-electron chi connectivity index (χ4n) is 1.49. The second-order valence-electron chi connectivity index (χ2n) is 3.78. The van der Waals surface area contributed by atoms with Crippen molar-refractivity contribution in [1.29, 1.82) is 0 Å². The van der Waals surface area contributed by atoms with Crippen molar-refractivity contribution in [2.45, 2.75) is 6.54 Å². The van der Waals surface area contributed by atoms with Crippen LogP contribution >= 0.6 is 0 Å². The van der Waals surface area contributed by atoms with Crippen LogP contribution in [0.3, 0.4) is 0 Å². The first kappa shape index (κ1) is 13.2. The van der Waals surface area contributed by atoms with E-state index in [1.54, 1.807) is 18.0 Å². The molecule has 19 heavy (non-hydrogen) atoms. The number of aromatic nitrogens is 3. The zero-order valence-corrected chi connectivity index (χ0v) is 10.3. The van der Waals surface area contributed by atoms with Crippen LogP contribution in [0.2, 0.25) is 0 Å². The van der Waals surface area contributed by atoms with Gasteiger partial charge in [-0.1, -0.05) is 0 Å². The molecule has 0 radical (unpaired) electrons. The Hall–Kier alpha value is -2.28. The van der Waals surface area contributed by atoms with E-state index in [9.17, 15) is 9.18 Å². The minimum absolute atomic E-state index is 0.104. The molecule has 0 spiro atoms. The Bertz CT molecular complexity index is 570. The lowest BCUT2D eigenvalue weighted by Gasteiger charge is -2.02. The average Bonchev–Trinajstić information content (AvgIpc) is 2.84. The Balaban J connectivity index is 2.03. The van der Waals surface area contributed by atoms with Gasteiger partial charge in [-0.05, 0) is 12.1 Å². The highest BCUT2D eigenvalue weighted by Gasteiger charge is 2.12. The van der Waals surface area contributed by atoms with Crippen LogP contribution in [0.4, 0.5) is 10.1 Å². The predicted molar refractivity (Wildman–Crippen MR) is 66.3 cm³/mol. The van der Waals surface area contributed by atoms with Gasteiger partial charge in [0.2, 0.25) is 5.95 Å². The molecule has 2 heterocycles. The standard InChI is InChI=1S/C12H13FN4O2/c1-19-6-5-17-8-9(7-15-17)16-12(18)10-3-2-4-14-11(10)13/h2-4,7-8H,5-6H2,1H3,(H,16,18). The summed E-state index contributed by atoms with van der Waals surface area (Å²) in [6.45, 7) is 1.10. The van der Waals surface area contributed by atoms with Gasteiger partial charge in [-0.25, -0.2) is 4.98 Å². The number of halogens is 1. The number of amides is 1.